The molecule has 0 amide bonds. The number of ether oxygens (including phenoxy) is 2. The van der Waals surface area contributed by atoms with E-state index in [1.54, 1.807) is 7.11 Å². The van der Waals surface area contributed by atoms with Gasteiger partial charge in [0, 0.05) is 17.0 Å². The maximum absolute atomic E-state index is 12.2. The van der Waals surface area contributed by atoms with Crippen molar-refractivity contribution >= 4 is 22.8 Å². The van der Waals surface area contributed by atoms with Gasteiger partial charge in [-0.1, -0.05) is 24.3 Å². The first-order chi connectivity index (χ1) is 14.6. The van der Waals surface area contributed by atoms with Crippen molar-refractivity contribution in [3.63, 3.8) is 0 Å². The van der Waals surface area contributed by atoms with Gasteiger partial charge in [-0.05, 0) is 32.0 Å². The molecule has 8 nitrogen and oxygen atoms in total. The van der Waals surface area contributed by atoms with Crippen LogP contribution in [0.2, 0.25) is 0 Å². The lowest BCUT2D eigenvalue weighted by atomic mass is 10.1. The van der Waals surface area contributed by atoms with Gasteiger partial charge in [0.2, 0.25) is 11.9 Å². The quantitative estimate of drug-likeness (QED) is 0.504. The van der Waals surface area contributed by atoms with Gasteiger partial charge in [-0.3, -0.25) is 15.1 Å². The Morgan fingerprint density at radius 2 is 1.90 bits per heavy atom. The second-order valence-electron chi connectivity index (χ2n) is 6.55. The predicted octanol–water partition coefficient (Wildman–Crippen LogP) is 3.84. The smallest absolute Gasteiger partial charge is 0.252 e. The summed E-state index contributed by atoms with van der Waals surface area (Å²) in [5.41, 5.74) is 2.46. The Labute approximate surface area is 173 Å². The summed E-state index contributed by atoms with van der Waals surface area (Å²) >= 11 is 0. The number of aryl methyl sites for hydroxylation is 1. The fourth-order valence-electron chi connectivity index (χ4n) is 3.16. The Bertz CT molecular complexity index is 1270. The van der Waals surface area contributed by atoms with Gasteiger partial charge in [-0.25, -0.2) is 15.0 Å². The lowest BCUT2D eigenvalue weighted by Crippen LogP contribution is -2.12. The molecule has 0 saturated heterocycles. The summed E-state index contributed by atoms with van der Waals surface area (Å²) in [6.45, 7) is 4.35. The number of anilines is 2. The normalized spacial score (nSPS) is 10.8. The molecule has 2 heterocycles. The summed E-state index contributed by atoms with van der Waals surface area (Å²) in [4.78, 5) is 28.5. The predicted molar refractivity (Wildman–Crippen MR) is 116 cm³/mol. The minimum absolute atomic E-state index is 0.243. The summed E-state index contributed by atoms with van der Waals surface area (Å²) in [5.74, 6) is 1.92. The van der Waals surface area contributed by atoms with Crippen LogP contribution in [0.1, 0.15) is 12.6 Å². The third kappa shape index (κ3) is 3.93. The molecule has 8 heteroatoms. The van der Waals surface area contributed by atoms with Crippen LogP contribution in [-0.4, -0.2) is 33.7 Å². The molecule has 0 fully saturated rings. The second-order valence-corrected chi connectivity index (χ2v) is 6.55. The number of hydrogen-bond donors (Lipinski definition) is 2. The van der Waals surface area contributed by atoms with Crippen LogP contribution in [0.5, 0.6) is 11.5 Å². The zero-order chi connectivity index (χ0) is 21.1. The fourth-order valence-corrected chi connectivity index (χ4v) is 3.16. The molecule has 2 aromatic heterocycles. The third-order valence-electron chi connectivity index (χ3n) is 4.52. The van der Waals surface area contributed by atoms with Gasteiger partial charge < -0.3 is 9.47 Å². The van der Waals surface area contributed by atoms with Crippen molar-refractivity contribution in [3.05, 3.63) is 64.6 Å². The highest BCUT2D eigenvalue weighted by atomic mass is 16.5. The van der Waals surface area contributed by atoms with Crippen molar-refractivity contribution in [1.82, 2.24) is 19.9 Å². The second kappa shape index (κ2) is 8.20. The zero-order valence-corrected chi connectivity index (χ0v) is 16.9. The van der Waals surface area contributed by atoms with E-state index in [1.807, 2.05) is 56.3 Å². The summed E-state index contributed by atoms with van der Waals surface area (Å²) in [6.07, 6.45) is 0. The standard InChI is InChI=1S/C22H21N5O3/c1-4-30-18-10-6-9-16-13(2)23-21(26-20(16)18)27-22-24-17(12-19(28)25-22)14-7-5-8-15(11-14)29-3/h5-12H,4H2,1-3H3,(H2,23,24,25,26,27,28). The Hall–Kier alpha value is -3.94. The molecule has 30 heavy (non-hydrogen) atoms. The van der Waals surface area contributed by atoms with Crippen molar-refractivity contribution in [2.75, 3.05) is 19.0 Å². The average molecular weight is 403 g/mol. The number of aromatic amines is 1. The number of rotatable bonds is 6. The van der Waals surface area contributed by atoms with Crippen LogP contribution in [0.15, 0.2) is 53.3 Å². The Morgan fingerprint density at radius 1 is 1.07 bits per heavy atom. The van der Waals surface area contributed by atoms with Gasteiger partial charge in [-0.2, -0.15) is 0 Å². The van der Waals surface area contributed by atoms with Crippen LogP contribution >= 0.6 is 0 Å². The van der Waals surface area contributed by atoms with E-state index >= 15 is 0 Å². The first-order valence-electron chi connectivity index (χ1n) is 9.50. The largest absolute Gasteiger partial charge is 0.497 e. The fraction of sp³-hybridized carbons (Fsp3) is 0.182. The van der Waals surface area contributed by atoms with Crippen molar-refractivity contribution in [2.24, 2.45) is 0 Å². The van der Waals surface area contributed by atoms with E-state index < -0.39 is 0 Å². The molecule has 0 spiro atoms. The first kappa shape index (κ1) is 19.4. The van der Waals surface area contributed by atoms with Gasteiger partial charge in [0.1, 0.15) is 17.0 Å². The first-order valence-corrected chi connectivity index (χ1v) is 9.50. The maximum atomic E-state index is 12.2. The molecule has 0 aliphatic heterocycles. The van der Waals surface area contributed by atoms with Crippen molar-refractivity contribution < 1.29 is 9.47 Å². The van der Waals surface area contributed by atoms with E-state index in [1.165, 1.54) is 6.07 Å². The zero-order valence-electron chi connectivity index (χ0n) is 16.9. The van der Waals surface area contributed by atoms with E-state index in [0.29, 0.717) is 35.3 Å². The van der Waals surface area contributed by atoms with Gasteiger partial charge in [0.05, 0.1) is 25.1 Å². The van der Waals surface area contributed by atoms with E-state index in [4.69, 9.17) is 9.47 Å². The molecule has 4 rings (SSSR count). The Balaban J connectivity index is 1.74. The molecule has 4 aromatic rings. The number of nitrogens with zero attached hydrogens (tertiary/aromatic N) is 3. The summed E-state index contributed by atoms with van der Waals surface area (Å²) < 4.78 is 11.0. The molecule has 0 aliphatic carbocycles. The molecule has 0 bridgehead atoms. The summed E-state index contributed by atoms with van der Waals surface area (Å²) in [5, 5.41) is 3.91. The molecule has 152 valence electrons. The van der Waals surface area contributed by atoms with Crippen molar-refractivity contribution in [1.29, 1.82) is 0 Å². The Morgan fingerprint density at radius 3 is 2.70 bits per heavy atom. The highest BCUT2D eigenvalue weighted by Gasteiger charge is 2.11. The molecule has 0 atom stereocenters. The van der Waals surface area contributed by atoms with E-state index in [9.17, 15) is 4.79 Å². The summed E-state index contributed by atoms with van der Waals surface area (Å²) in [7, 11) is 1.59. The van der Waals surface area contributed by atoms with Crippen LogP contribution in [0.3, 0.4) is 0 Å². The number of fused-ring (bicyclic) bond motifs is 1. The summed E-state index contributed by atoms with van der Waals surface area (Å²) in [6, 6.07) is 14.5. The van der Waals surface area contributed by atoms with Gasteiger partial charge in [-0.15, -0.1) is 0 Å². The lowest BCUT2D eigenvalue weighted by Gasteiger charge is -2.11. The topological polar surface area (TPSA) is 102 Å². The Kier molecular flexibility index (Phi) is 5.30. The molecule has 2 aromatic carbocycles. The van der Waals surface area contributed by atoms with Crippen molar-refractivity contribution in [3.8, 4) is 22.8 Å². The van der Waals surface area contributed by atoms with E-state index in [0.717, 1.165) is 16.6 Å². The molecule has 0 radical (unpaired) electrons. The van der Waals surface area contributed by atoms with Crippen LogP contribution < -0.4 is 20.3 Å². The monoisotopic (exact) mass is 403 g/mol. The average Bonchev–Trinajstić information content (AvgIpc) is 2.74. The minimum Gasteiger partial charge on any atom is -0.497 e. The third-order valence-corrected chi connectivity index (χ3v) is 4.52. The van der Waals surface area contributed by atoms with Gasteiger partial charge >= 0.3 is 0 Å². The van der Waals surface area contributed by atoms with Crippen LogP contribution in [-0.2, 0) is 0 Å². The van der Waals surface area contributed by atoms with Crippen molar-refractivity contribution in [2.45, 2.75) is 13.8 Å². The number of hydrogen-bond acceptors (Lipinski definition) is 7. The highest BCUT2D eigenvalue weighted by Crippen LogP contribution is 2.27. The number of nitrogens with one attached hydrogen (secondary N) is 2. The maximum Gasteiger partial charge on any atom is 0.252 e. The van der Waals surface area contributed by atoms with Crippen LogP contribution in [0.4, 0.5) is 11.9 Å². The number of H-pyrrole nitrogens is 1. The van der Waals surface area contributed by atoms with Gasteiger partial charge in [0.15, 0.2) is 0 Å². The lowest BCUT2D eigenvalue weighted by molar-refractivity contribution is 0.343. The van der Waals surface area contributed by atoms with Crippen LogP contribution in [0.25, 0.3) is 22.2 Å². The van der Waals surface area contributed by atoms with E-state index in [-0.39, 0.29) is 11.5 Å². The minimum atomic E-state index is -0.294. The molecule has 0 unspecified atom stereocenters. The molecule has 0 saturated carbocycles. The molecular formula is C22H21N5O3. The van der Waals surface area contributed by atoms with Gasteiger partial charge in [0.25, 0.3) is 5.56 Å². The SMILES string of the molecule is CCOc1cccc2c(C)nc(Nc3nc(-c4cccc(OC)c4)cc(=O)[nH]3)nc12. The van der Waals surface area contributed by atoms with Crippen LogP contribution in [0, 0.1) is 6.92 Å². The number of benzene rings is 2. The molecule has 2 N–H and O–H groups in total. The number of aromatic nitrogens is 4. The molecule has 0 aliphatic rings. The van der Waals surface area contributed by atoms with E-state index in [2.05, 4.69) is 25.3 Å². The number of para-hydroxylation sites is 1. The highest BCUT2D eigenvalue weighted by molar-refractivity contribution is 5.87. The molecular weight excluding hydrogens is 382 g/mol. The number of methoxy groups -OCH3 is 1.